The number of pyridine rings is 2. The molecule has 0 atom stereocenters. The van der Waals surface area contributed by atoms with Gasteiger partial charge in [-0.3, -0.25) is 4.98 Å². The third-order valence-electron chi connectivity index (χ3n) is 2.90. The van der Waals surface area contributed by atoms with Crippen LogP contribution in [0.5, 0.6) is 0 Å². The van der Waals surface area contributed by atoms with Crippen LogP contribution in [-0.4, -0.2) is 28.3 Å². The van der Waals surface area contributed by atoms with Crippen LogP contribution in [0.15, 0.2) is 36.4 Å². The van der Waals surface area contributed by atoms with Gasteiger partial charge in [-0.05, 0) is 44.0 Å². The lowest BCUT2D eigenvalue weighted by atomic mass is 10.2. The van der Waals surface area contributed by atoms with Gasteiger partial charge in [0, 0.05) is 18.9 Å². The first kappa shape index (κ1) is 14.6. The van der Waals surface area contributed by atoms with Gasteiger partial charge in [0.25, 0.3) is 0 Å². The van der Waals surface area contributed by atoms with Gasteiger partial charge in [0.2, 0.25) is 0 Å². The molecule has 2 aromatic rings. The van der Waals surface area contributed by atoms with E-state index in [0.29, 0.717) is 13.2 Å². The molecule has 0 amide bonds. The maximum absolute atomic E-state index is 8.69. The van der Waals surface area contributed by atoms with Crippen molar-refractivity contribution < 1.29 is 9.84 Å². The minimum atomic E-state index is 0.218. The van der Waals surface area contributed by atoms with Crippen molar-refractivity contribution in [2.75, 3.05) is 13.2 Å². The number of hydrogen-bond donors (Lipinski definition) is 1. The Morgan fingerprint density at radius 3 is 2.50 bits per heavy atom. The molecule has 0 aromatic carbocycles. The van der Waals surface area contributed by atoms with Crippen molar-refractivity contribution in [1.82, 2.24) is 9.97 Å². The summed E-state index contributed by atoms with van der Waals surface area (Å²) < 4.78 is 5.54. The second kappa shape index (κ2) is 7.72. The highest BCUT2D eigenvalue weighted by Crippen LogP contribution is 2.15. The van der Waals surface area contributed by atoms with Gasteiger partial charge in [0.05, 0.1) is 23.7 Å². The number of rotatable bonds is 7. The van der Waals surface area contributed by atoms with Crippen LogP contribution >= 0.6 is 0 Å². The maximum Gasteiger partial charge on any atom is 0.0890 e. The smallest absolute Gasteiger partial charge is 0.0890 e. The number of aliphatic hydroxyl groups excluding tert-OH is 1. The first-order valence-electron chi connectivity index (χ1n) is 6.88. The molecule has 2 heterocycles. The maximum atomic E-state index is 8.69. The van der Waals surface area contributed by atoms with Gasteiger partial charge in [-0.2, -0.15) is 0 Å². The molecule has 0 radical (unpaired) electrons. The van der Waals surface area contributed by atoms with Gasteiger partial charge in [-0.1, -0.05) is 12.1 Å². The van der Waals surface area contributed by atoms with Crippen LogP contribution in [-0.2, 0) is 11.3 Å². The average molecular weight is 272 g/mol. The topological polar surface area (TPSA) is 55.2 Å². The molecule has 106 valence electrons. The van der Waals surface area contributed by atoms with Gasteiger partial charge in [-0.15, -0.1) is 0 Å². The number of ether oxygens (including phenoxy) is 1. The molecule has 4 nitrogen and oxygen atoms in total. The molecule has 2 aromatic heterocycles. The lowest BCUT2D eigenvalue weighted by Gasteiger charge is -2.06. The summed E-state index contributed by atoms with van der Waals surface area (Å²) in [4.78, 5) is 9.04. The molecular formula is C16H20N2O2. The van der Waals surface area contributed by atoms with E-state index in [1.165, 1.54) is 0 Å². The predicted octanol–water partition coefficient (Wildman–Crippen LogP) is 2.74. The fourth-order valence-corrected chi connectivity index (χ4v) is 1.88. The molecule has 2 rings (SSSR count). The average Bonchev–Trinajstić information content (AvgIpc) is 2.47. The fraction of sp³-hybridized carbons (Fsp3) is 0.375. The second-order valence-electron chi connectivity index (χ2n) is 4.66. The molecule has 20 heavy (non-hydrogen) atoms. The zero-order chi connectivity index (χ0) is 14.2. The van der Waals surface area contributed by atoms with Crippen molar-refractivity contribution in [3.8, 4) is 11.4 Å². The molecule has 1 N–H and O–H groups in total. The van der Waals surface area contributed by atoms with Crippen LogP contribution in [0.25, 0.3) is 11.4 Å². The van der Waals surface area contributed by atoms with Gasteiger partial charge in [0.15, 0.2) is 0 Å². The Morgan fingerprint density at radius 2 is 1.75 bits per heavy atom. The Balaban J connectivity index is 1.97. The first-order chi connectivity index (χ1) is 9.79. The fourth-order valence-electron chi connectivity index (χ4n) is 1.88. The van der Waals surface area contributed by atoms with E-state index in [1.807, 2.05) is 43.3 Å². The van der Waals surface area contributed by atoms with Crippen LogP contribution < -0.4 is 0 Å². The molecule has 4 heteroatoms. The summed E-state index contributed by atoms with van der Waals surface area (Å²) in [6, 6.07) is 11.8. The lowest BCUT2D eigenvalue weighted by Crippen LogP contribution is -2.00. The Morgan fingerprint density at radius 1 is 1.00 bits per heavy atom. The molecule has 0 aliphatic heterocycles. The number of hydrogen-bond acceptors (Lipinski definition) is 4. The Hall–Kier alpha value is -1.78. The number of aryl methyl sites for hydroxylation is 1. The van der Waals surface area contributed by atoms with Crippen molar-refractivity contribution in [3.05, 3.63) is 47.8 Å². The largest absolute Gasteiger partial charge is 0.396 e. The highest BCUT2D eigenvalue weighted by Gasteiger charge is 2.03. The highest BCUT2D eigenvalue weighted by molar-refractivity contribution is 5.54. The monoisotopic (exact) mass is 272 g/mol. The van der Waals surface area contributed by atoms with E-state index in [2.05, 4.69) is 9.97 Å². The van der Waals surface area contributed by atoms with E-state index in [-0.39, 0.29) is 6.61 Å². The molecule has 0 aliphatic carbocycles. The zero-order valence-corrected chi connectivity index (χ0v) is 11.7. The minimum absolute atomic E-state index is 0.218. The number of aliphatic hydroxyl groups is 1. The summed E-state index contributed by atoms with van der Waals surface area (Å²) in [5.74, 6) is 0. The molecule has 0 fully saturated rings. The second-order valence-corrected chi connectivity index (χ2v) is 4.66. The van der Waals surface area contributed by atoms with E-state index in [9.17, 15) is 0 Å². The summed E-state index contributed by atoms with van der Waals surface area (Å²) in [7, 11) is 0. The van der Waals surface area contributed by atoms with Crippen LogP contribution in [0.1, 0.15) is 24.2 Å². The van der Waals surface area contributed by atoms with E-state index in [0.717, 1.165) is 35.6 Å². The first-order valence-corrected chi connectivity index (χ1v) is 6.88. The summed E-state index contributed by atoms with van der Waals surface area (Å²) in [6.07, 6.45) is 1.65. The Kier molecular flexibility index (Phi) is 5.65. The standard InChI is InChI=1S/C16H20N2O2/c1-13-6-4-8-15(17-13)16-9-5-7-14(18-16)12-20-11-3-2-10-19/h4-9,19H,2-3,10-12H2,1H3. The molecule has 0 spiro atoms. The number of aromatic nitrogens is 2. The van der Waals surface area contributed by atoms with Crippen LogP contribution in [0.2, 0.25) is 0 Å². The van der Waals surface area contributed by atoms with Crippen molar-refractivity contribution >= 4 is 0 Å². The van der Waals surface area contributed by atoms with Crippen molar-refractivity contribution in [2.24, 2.45) is 0 Å². The number of nitrogens with zero attached hydrogens (tertiary/aromatic N) is 2. The van der Waals surface area contributed by atoms with E-state index in [4.69, 9.17) is 9.84 Å². The van der Waals surface area contributed by atoms with Gasteiger partial charge >= 0.3 is 0 Å². The molecule has 0 unspecified atom stereocenters. The van der Waals surface area contributed by atoms with Crippen molar-refractivity contribution in [2.45, 2.75) is 26.4 Å². The zero-order valence-electron chi connectivity index (χ0n) is 11.7. The third-order valence-corrected chi connectivity index (χ3v) is 2.90. The van der Waals surface area contributed by atoms with Crippen molar-refractivity contribution in [1.29, 1.82) is 0 Å². The molecule has 0 aliphatic rings. The summed E-state index contributed by atoms with van der Waals surface area (Å²) in [5.41, 5.74) is 3.63. The minimum Gasteiger partial charge on any atom is -0.396 e. The summed E-state index contributed by atoms with van der Waals surface area (Å²) >= 11 is 0. The summed E-state index contributed by atoms with van der Waals surface area (Å²) in [5, 5.41) is 8.69. The SMILES string of the molecule is Cc1cccc(-c2cccc(COCCCCO)n2)n1. The van der Waals surface area contributed by atoms with Gasteiger partial charge in [0.1, 0.15) is 0 Å². The third kappa shape index (κ3) is 4.40. The van der Waals surface area contributed by atoms with Crippen LogP contribution in [0.4, 0.5) is 0 Å². The lowest BCUT2D eigenvalue weighted by molar-refractivity contribution is 0.110. The summed E-state index contributed by atoms with van der Waals surface area (Å²) in [6.45, 7) is 3.33. The Labute approximate surface area is 119 Å². The van der Waals surface area contributed by atoms with Gasteiger partial charge in [-0.25, -0.2) is 4.98 Å². The quantitative estimate of drug-likeness (QED) is 0.787. The molecule has 0 saturated heterocycles. The number of unbranched alkanes of at least 4 members (excludes halogenated alkanes) is 1. The van der Waals surface area contributed by atoms with Crippen LogP contribution in [0, 0.1) is 6.92 Å². The van der Waals surface area contributed by atoms with E-state index in [1.54, 1.807) is 0 Å². The molecular weight excluding hydrogens is 252 g/mol. The highest BCUT2D eigenvalue weighted by atomic mass is 16.5. The van der Waals surface area contributed by atoms with Gasteiger partial charge < -0.3 is 9.84 Å². The van der Waals surface area contributed by atoms with E-state index >= 15 is 0 Å². The molecule has 0 bridgehead atoms. The predicted molar refractivity (Wildman–Crippen MR) is 78.2 cm³/mol. The van der Waals surface area contributed by atoms with Crippen LogP contribution in [0.3, 0.4) is 0 Å². The van der Waals surface area contributed by atoms with Crippen molar-refractivity contribution in [3.63, 3.8) is 0 Å². The van der Waals surface area contributed by atoms with E-state index < -0.39 is 0 Å². The normalized spacial score (nSPS) is 10.7. The molecule has 0 saturated carbocycles. The Bertz CT molecular complexity index is 544.